The summed E-state index contributed by atoms with van der Waals surface area (Å²) < 4.78 is 4.28. The molecule has 2 aromatic heterocycles. The topological polar surface area (TPSA) is 44.0 Å². The maximum atomic E-state index is 13.5. The molecule has 2 aromatic carbocycles. The van der Waals surface area contributed by atoms with Crippen molar-refractivity contribution in [3.63, 3.8) is 0 Å². The van der Waals surface area contributed by atoms with Crippen molar-refractivity contribution in [3.05, 3.63) is 101 Å². The summed E-state index contributed by atoms with van der Waals surface area (Å²) in [6, 6.07) is 18.1. The summed E-state index contributed by atoms with van der Waals surface area (Å²) in [7, 11) is 0. The molecular weight excluding hydrogens is 472 g/mol. The highest BCUT2D eigenvalue weighted by molar-refractivity contribution is 9.10. The van der Waals surface area contributed by atoms with Crippen LogP contribution in [0, 0.1) is 0 Å². The fourth-order valence-corrected chi connectivity index (χ4v) is 6.05. The molecule has 2 heterocycles. The van der Waals surface area contributed by atoms with E-state index in [1.165, 1.54) is 15.0 Å². The Morgan fingerprint density at radius 2 is 1.61 bits per heavy atom. The van der Waals surface area contributed by atoms with Gasteiger partial charge in [0.15, 0.2) is 0 Å². The first-order valence-electron chi connectivity index (χ1n) is 10.7. The molecular formula is C25H23BrN2O2S. The Hall–Kier alpha value is -2.44. The molecule has 0 fully saturated rings. The van der Waals surface area contributed by atoms with Gasteiger partial charge in [-0.2, -0.15) is 0 Å². The van der Waals surface area contributed by atoms with Crippen molar-refractivity contribution >= 4 is 37.5 Å². The Morgan fingerprint density at radius 3 is 2.39 bits per heavy atom. The number of benzene rings is 2. The van der Waals surface area contributed by atoms with E-state index < -0.39 is 0 Å². The third kappa shape index (κ3) is 3.94. The van der Waals surface area contributed by atoms with Crippen molar-refractivity contribution in [1.82, 2.24) is 9.13 Å². The molecule has 5 rings (SSSR count). The first-order valence-corrected chi connectivity index (χ1v) is 12.3. The van der Waals surface area contributed by atoms with Crippen molar-refractivity contribution in [2.24, 2.45) is 0 Å². The van der Waals surface area contributed by atoms with Crippen LogP contribution in [0.3, 0.4) is 0 Å². The van der Waals surface area contributed by atoms with Crippen molar-refractivity contribution in [1.29, 1.82) is 0 Å². The molecule has 0 aliphatic heterocycles. The highest BCUT2D eigenvalue weighted by Crippen LogP contribution is 2.34. The summed E-state index contributed by atoms with van der Waals surface area (Å²) in [5.74, 6) is 0. The van der Waals surface area contributed by atoms with Crippen molar-refractivity contribution in [2.75, 3.05) is 0 Å². The summed E-state index contributed by atoms with van der Waals surface area (Å²) >= 11 is 5.12. The van der Waals surface area contributed by atoms with Crippen LogP contribution in [-0.4, -0.2) is 9.13 Å². The van der Waals surface area contributed by atoms with Gasteiger partial charge in [0.25, 0.3) is 5.56 Å². The monoisotopic (exact) mass is 494 g/mol. The summed E-state index contributed by atoms with van der Waals surface area (Å²) in [4.78, 5) is 29.2. The molecule has 0 saturated heterocycles. The van der Waals surface area contributed by atoms with Gasteiger partial charge in [0.1, 0.15) is 4.83 Å². The molecule has 0 unspecified atom stereocenters. The van der Waals surface area contributed by atoms with Crippen molar-refractivity contribution in [2.45, 2.75) is 45.2 Å². The highest BCUT2D eigenvalue weighted by atomic mass is 79.9. The van der Waals surface area contributed by atoms with Crippen LogP contribution in [0.4, 0.5) is 0 Å². The molecule has 0 N–H and O–H groups in total. The summed E-state index contributed by atoms with van der Waals surface area (Å²) in [6.07, 6.45) is 4.85. The molecule has 0 spiro atoms. The minimum atomic E-state index is -0.213. The van der Waals surface area contributed by atoms with E-state index in [0.717, 1.165) is 51.5 Å². The minimum Gasteiger partial charge on any atom is -0.280 e. The molecule has 0 bridgehead atoms. The zero-order chi connectivity index (χ0) is 21.4. The molecule has 0 saturated carbocycles. The predicted molar refractivity (Wildman–Crippen MR) is 130 cm³/mol. The van der Waals surface area contributed by atoms with E-state index in [-0.39, 0.29) is 11.2 Å². The molecule has 1 aliphatic carbocycles. The highest BCUT2D eigenvalue weighted by Gasteiger charge is 2.23. The Morgan fingerprint density at radius 1 is 0.871 bits per heavy atom. The lowest BCUT2D eigenvalue weighted by molar-refractivity contribution is 0.590. The van der Waals surface area contributed by atoms with E-state index in [2.05, 4.69) is 15.9 Å². The fraction of sp³-hybridized carbons (Fsp3) is 0.280. The Balaban J connectivity index is 1.66. The second kappa shape index (κ2) is 8.60. The van der Waals surface area contributed by atoms with Crippen LogP contribution in [0.5, 0.6) is 0 Å². The van der Waals surface area contributed by atoms with Crippen LogP contribution in [-0.2, 0) is 32.4 Å². The fourth-order valence-electron chi connectivity index (χ4n) is 4.41. The maximum Gasteiger partial charge on any atom is 0.332 e. The van der Waals surface area contributed by atoms with E-state index in [1.54, 1.807) is 11.3 Å². The van der Waals surface area contributed by atoms with Gasteiger partial charge in [-0.3, -0.25) is 13.9 Å². The zero-order valence-electron chi connectivity index (χ0n) is 17.1. The van der Waals surface area contributed by atoms with Gasteiger partial charge >= 0.3 is 5.69 Å². The second-order valence-corrected chi connectivity index (χ2v) is 10.1. The summed E-state index contributed by atoms with van der Waals surface area (Å²) in [6.45, 7) is 0.857. The van der Waals surface area contributed by atoms with E-state index in [1.807, 2.05) is 59.2 Å². The van der Waals surface area contributed by atoms with Gasteiger partial charge in [-0.25, -0.2) is 4.79 Å². The Labute approximate surface area is 192 Å². The molecule has 158 valence electrons. The lowest BCUT2D eigenvalue weighted by atomic mass is 9.97. The number of fused-ring (bicyclic) bond motifs is 3. The van der Waals surface area contributed by atoms with Gasteiger partial charge in [-0.05, 0) is 60.9 Å². The SMILES string of the molecule is O=c1c2c3c(sc2n(Cc2ccc(Br)cc2)c(=O)n1CCc1ccccc1)CCCC3. The van der Waals surface area contributed by atoms with Crippen LogP contribution >= 0.6 is 27.3 Å². The number of hydrogen-bond acceptors (Lipinski definition) is 3. The number of aryl methyl sites for hydroxylation is 3. The van der Waals surface area contributed by atoms with E-state index in [0.29, 0.717) is 19.5 Å². The number of halogens is 1. The quantitative estimate of drug-likeness (QED) is 0.384. The lowest BCUT2D eigenvalue weighted by Crippen LogP contribution is -2.40. The van der Waals surface area contributed by atoms with Gasteiger partial charge in [-0.15, -0.1) is 11.3 Å². The first-order chi connectivity index (χ1) is 15.1. The van der Waals surface area contributed by atoms with Gasteiger partial charge in [-0.1, -0.05) is 58.4 Å². The molecule has 0 amide bonds. The normalized spacial score (nSPS) is 13.5. The number of aromatic nitrogens is 2. The number of thiophene rings is 1. The molecule has 4 aromatic rings. The smallest absolute Gasteiger partial charge is 0.280 e. The molecule has 0 radical (unpaired) electrons. The maximum absolute atomic E-state index is 13.5. The Kier molecular flexibility index (Phi) is 5.67. The third-order valence-electron chi connectivity index (χ3n) is 6.04. The standard InChI is InChI=1S/C25H23BrN2O2S/c26-19-12-10-18(11-13-19)16-28-24-22(20-8-4-5-9-21(20)31-24)23(29)27(25(28)30)15-14-17-6-2-1-3-7-17/h1-3,6-7,10-13H,4-5,8-9,14-16H2. The molecule has 6 heteroatoms. The predicted octanol–water partition coefficient (Wildman–Crippen LogP) is 5.16. The summed E-state index contributed by atoms with van der Waals surface area (Å²) in [5, 5.41) is 0.768. The summed E-state index contributed by atoms with van der Waals surface area (Å²) in [5.41, 5.74) is 3.01. The minimum absolute atomic E-state index is 0.123. The number of hydrogen-bond donors (Lipinski definition) is 0. The van der Waals surface area contributed by atoms with E-state index >= 15 is 0 Å². The number of rotatable bonds is 5. The second-order valence-electron chi connectivity index (χ2n) is 8.08. The molecule has 1 aliphatic rings. The molecule has 4 nitrogen and oxygen atoms in total. The van der Waals surface area contributed by atoms with E-state index in [4.69, 9.17) is 0 Å². The van der Waals surface area contributed by atoms with E-state index in [9.17, 15) is 9.59 Å². The third-order valence-corrected chi connectivity index (χ3v) is 7.88. The molecule has 0 atom stereocenters. The van der Waals surface area contributed by atoms with Crippen molar-refractivity contribution < 1.29 is 0 Å². The first kappa shape index (κ1) is 20.5. The van der Waals surface area contributed by atoms with Crippen molar-refractivity contribution in [3.8, 4) is 0 Å². The lowest BCUT2D eigenvalue weighted by Gasteiger charge is -2.14. The van der Waals surface area contributed by atoms with Crippen LogP contribution in [0.1, 0.15) is 34.4 Å². The number of nitrogens with zero attached hydrogens (tertiary/aromatic N) is 2. The average molecular weight is 495 g/mol. The molecule has 31 heavy (non-hydrogen) atoms. The van der Waals surface area contributed by atoms with Gasteiger partial charge in [0.2, 0.25) is 0 Å². The Bertz CT molecular complexity index is 1350. The van der Waals surface area contributed by atoms with Crippen LogP contribution in [0.15, 0.2) is 68.7 Å². The zero-order valence-corrected chi connectivity index (χ0v) is 19.5. The van der Waals surface area contributed by atoms with Gasteiger partial charge in [0, 0.05) is 15.9 Å². The van der Waals surface area contributed by atoms with Crippen LogP contribution in [0.2, 0.25) is 0 Å². The largest absolute Gasteiger partial charge is 0.332 e. The average Bonchev–Trinajstić information content (AvgIpc) is 3.18. The van der Waals surface area contributed by atoms with Crippen LogP contribution in [0.25, 0.3) is 10.2 Å². The van der Waals surface area contributed by atoms with Gasteiger partial charge < -0.3 is 0 Å². The van der Waals surface area contributed by atoms with Gasteiger partial charge in [0.05, 0.1) is 11.9 Å². The van der Waals surface area contributed by atoms with Crippen LogP contribution < -0.4 is 11.2 Å².